The van der Waals surface area contributed by atoms with Crippen LogP contribution in [0.25, 0.3) is 22.6 Å². The molecular weight excluding hydrogens is 592 g/mol. The summed E-state index contributed by atoms with van der Waals surface area (Å²) in [5, 5.41) is 11.6. The van der Waals surface area contributed by atoms with E-state index in [0.29, 0.717) is 12.1 Å². The van der Waals surface area contributed by atoms with Gasteiger partial charge >= 0.3 is 12.4 Å². The molecule has 8 nitrogen and oxygen atoms in total. The van der Waals surface area contributed by atoms with Crippen molar-refractivity contribution in [1.29, 1.82) is 0 Å². The monoisotopic (exact) mass is 605 g/mol. The third kappa shape index (κ3) is 5.52. The number of pyridine rings is 1. The predicted octanol–water partition coefficient (Wildman–Crippen LogP) is 6.78. The minimum absolute atomic E-state index is 0.00662. The molecule has 2 aromatic carbocycles. The van der Waals surface area contributed by atoms with E-state index in [-0.39, 0.29) is 51.2 Å². The molecule has 3 heterocycles. The molecule has 0 spiro atoms. The van der Waals surface area contributed by atoms with Crippen LogP contribution in [0.5, 0.6) is 0 Å². The minimum Gasteiger partial charge on any atom is -0.355 e. The number of halogens is 7. The van der Waals surface area contributed by atoms with E-state index in [9.17, 15) is 35.9 Å². The first-order valence-corrected chi connectivity index (χ1v) is 12.1. The zero-order chi connectivity index (χ0) is 30.2. The van der Waals surface area contributed by atoms with Crippen LogP contribution in [0, 0.1) is 0 Å². The molecule has 3 aromatic heterocycles. The summed E-state index contributed by atoms with van der Waals surface area (Å²) in [5.74, 6) is -1.07. The lowest BCUT2D eigenvalue weighted by atomic mass is 9.99. The number of hydrogen-bond donors (Lipinski definition) is 0. The van der Waals surface area contributed by atoms with Gasteiger partial charge in [-0.05, 0) is 48.0 Å². The second-order valence-corrected chi connectivity index (χ2v) is 9.20. The van der Waals surface area contributed by atoms with Gasteiger partial charge in [0.2, 0.25) is 5.78 Å². The Bertz CT molecular complexity index is 1770. The number of aromatic nitrogens is 5. The molecule has 0 radical (unpaired) electrons. The van der Waals surface area contributed by atoms with Crippen LogP contribution in [0.4, 0.5) is 26.3 Å². The quantitative estimate of drug-likeness (QED) is 0.114. The molecule has 0 saturated heterocycles. The maximum Gasteiger partial charge on any atom is 0.416 e. The maximum atomic E-state index is 13.9. The highest BCUT2D eigenvalue weighted by Crippen LogP contribution is 2.38. The highest BCUT2D eigenvalue weighted by molar-refractivity contribution is 6.33. The summed E-state index contributed by atoms with van der Waals surface area (Å²) < 4.78 is 87.0. The van der Waals surface area contributed by atoms with E-state index in [1.54, 1.807) is 12.1 Å². The highest BCUT2D eigenvalue weighted by Gasteiger charge is 2.37. The first-order chi connectivity index (χ1) is 19.9. The molecule has 0 aliphatic rings. The van der Waals surface area contributed by atoms with Gasteiger partial charge in [-0.25, -0.2) is 4.68 Å². The molecule has 0 N–H and O–H groups in total. The van der Waals surface area contributed by atoms with E-state index in [4.69, 9.17) is 16.1 Å². The third-order valence-electron chi connectivity index (χ3n) is 6.06. The number of carbonyl (C=O) groups excluding carboxylic acids is 2. The van der Waals surface area contributed by atoms with Gasteiger partial charge in [-0.1, -0.05) is 34.1 Å². The largest absolute Gasteiger partial charge is 0.416 e. The molecular formula is C27H14ClF6N5O3. The smallest absolute Gasteiger partial charge is 0.355 e. The molecule has 0 fully saturated rings. The van der Waals surface area contributed by atoms with E-state index in [1.165, 1.54) is 36.7 Å². The molecule has 0 unspecified atom stereocenters. The van der Waals surface area contributed by atoms with Crippen molar-refractivity contribution < 1.29 is 40.5 Å². The van der Waals surface area contributed by atoms with Crippen LogP contribution in [0.2, 0.25) is 5.02 Å². The fourth-order valence-electron chi connectivity index (χ4n) is 4.21. The zero-order valence-electron chi connectivity index (χ0n) is 20.7. The number of benzene rings is 2. The fourth-order valence-corrected chi connectivity index (χ4v) is 4.43. The van der Waals surface area contributed by atoms with Gasteiger partial charge in [0.05, 0.1) is 22.7 Å². The Kier molecular flexibility index (Phi) is 7.41. The number of rotatable bonds is 7. The van der Waals surface area contributed by atoms with E-state index in [1.807, 2.05) is 0 Å². The molecule has 214 valence electrons. The predicted molar refractivity (Wildman–Crippen MR) is 135 cm³/mol. The van der Waals surface area contributed by atoms with E-state index < -0.39 is 47.1 Å². The summed E-state index contributed by atoms with van der Waals surface area (Å²) in [6, 6.07) is 10.2. The summed E-state index contributed by atoms with van der Waals surface area (Å²) >= 11 is 6.26. The van der Waals surface area contributed by atoms with Crippen molar-refractivity contribution in [3.8, 4) is 22.6 Å². The average molecular weight is 606 g/mol. The standard InChI is InChI=1S/C27H14ClF6N5O3/c28-19-4-2-1-3-18(19)25-21(20(13-40)37-42-25)24(41)22-23(15-5-7-35-8-6-15)39(38-36-22)12-14-9-16(26(29,30)31)11-17(10-14)27(32,33)34/h1-11,13H,12H2. The van der Waals surface area contributed by atoms with Gasteiger partial charge in [0, 0.05) is 23.5 Å². The molecule has 5 aromatic rings. The van der Waals surface area contributed by atoms with Crippen LogP contribution in [-0.4, -0.2) is 37.2 Å². The highest BCUT2D eigenvalue weighted by atomic mass is 35.5. The fraction of sp³-hybridized carbons (Fsp3) is 0.111. The Labute approximate surface area is 236 Å². The van der Waals surface area contributed by atoms with E-state index >= 15 is 0 Å². The van der Waals surface area contributed by atoms with Gasteiger partial charge in [-0.3, -0.25) is 14.6 Å². The zero-order valence-corrected chi connectivity index (χ0v) is 21.5. The van der Waals surface area contributed by atoms with Crippen molar-refractivity contribution in [2.24, 2.45) is 0 Å². The van der Waals surface area contributed by atoms with Gasteiger partial charge in [0.15, 0.2) is 23.4 Å². The molecule has 0 amide bonds. The molecule has 0 bridgehead atoms. The molecule has 42 heavy (non-hydrogen) atoms. The number of alkyl halides is 6. The summed E-state index contributed by atoms with van der Waals surface area (Å²) in [5.41, 5.74) is -4.13. The first-order valence-electron chi connectivity index (χ1n) is 11.7. The van der Waals surface area contributed by atoms with Crippen LogP contribution in [0.3, 0.4) is 0 Å². The van der Waals surface area contributed by atoms with Crippen molar-refractivity contribution in [3.63, 3.8) is 0 Å². The Morgan fingerprint density at radius 3 is 2.19 bits per heavy atom. The molecule has 0 saturated carbocycles. The Hall–Kier alpha value is -4.85. The second-order valence-electron chi connectivity index (χ2n) is 8.79. The molecule has 15 heteroatoms. The number of aldehydes is 1. The minimum atomic E-state index is -5.07. The lowest BCUT2D eigenvalue weighted by Gasteiger charge is -2.15. The van der Waals surface area contributed by atoms with Crippen LogP contribution in [0.1, 0.15) is 43.2 Å². The number of hydrogen-bond acceptors (Lipinski definition) is 7. The summed E-state index contributed by atoms with van der Waals surface area (Å²) in [6.45, 7) is -0.632. The lowest BCUT2D eigenvalue weighted by Crippen LogP contribution is -2.14. The Balaban J connectivity index is 1.67. The van der Waals surface area contributed by atoms with Crippen molar-refractivity contribution in [2.75, 3.05) is 0 Å². The van der Waals surface area contributed by atoms with E-state index in [2.05, 4.69) is 20.5 Å². The van der Waals surface area contributed by atoms with Crippen LogP contribution >= 0.6 is 11.6 Å². The van der Waals surface area contributed by atoms with Gasteiger partial charge in [0.1, 0.15) is 11.3 Å². The molecule has 5 rings (SSSR count). The third-order valence-corrected chi connectivity index (χ3v) is 6.39. The number of ketones is 1. The number of nitrogens with zero attached hydrogens (tertiary/aromatic N) is 5. The second kappa shape index (κ2) is 10.9. The summed E-state index contributed by atoms with van der Waals surface area (Å²) in [4.78, 5) is 29.6. The van der Waals surface area contributed by atoms with Crippen molar-refractivity contribution in [3.05, 3.63) is 106 Å². The molecule has 0 aliphatic carbocycles. The molecule has 0 aliphatic heterocycles. The van der Waals surface area contributed by atoms with Gasteiger partial charge in [0.25, 0.3) is 0 Å². The topological polar surface area (TPSA) is 104 Å². The average Bonchev–Trinajstić information content (AvgIpc) is 3.57. The first kappa shape index (κ1) is 28.7. The molecule has 0 atom stereocenters. The van der Waals surface area contributed by atoms with Crippen molar-refractivity contribution in [2.45, 2.75) is 18.9 Å². The van der Waals surface area contributed by atoms with Crippen LogP contribution in [-0.2, 0) is 18.9 Å². The maximum absolute atomic E-state index is 13.9. The lowest BCUT2D eigenvalue weighted by molar-refractivity contribution is -0.143. The van der Waals surface area contributed by atoms with Crippen molar-refractivity contribution in [1.82, 2.24) is 25.1 Å². The Morgan fingerprint density at radius 2 is 1.60 bits per heavy atom. The van der Waals surface area contributed by atoms with Gasteiger partial charge in [-0.2, -0.15) is 26.3 Å². The van der Waals surface area contributed by atoms with Gasteiger partial charge < -0.3 is 4.52 Å². The SMILES string of the molecule is O=Cc1noc(-c2ccccc2Cl)c1C(=O)c1nnn(Cc2cc(C(F)(F)F)cc(C(F)(F)F)c2)c1-c1ccncc1. The summed E-state index contributed by atoms with van der Waals surface area (Å²) in [6.07, 6.45) is -7.17. The van der Waals surface area contributed by atoms with E-state index in [0.717, 1.165) is 4.68 Å². The van der Waals surface area contributed by atoms with Gasteiger partial charge in [-0.15, -0.1) is 5.10 Å². The summed E-state index contributed by atoms with van der Waals surface area (Å²) in [7, 11) is 0. The van der Waals surface area contributed by atoms with Crippen LogP contribution < -0.4 is 0 Å². The Morgan fingerprint density at radius 1 is 0.952 bits per heavy atom. The normalized spacial score (nSPS) is 12.0. The van der Waals surface area contributed by atoms with Crippen LogP contribution in [0.15, 0.2) is 71.5 Å². The number of carbonyl (C=O) groups is 2. The van der Waals surface area contributed by atoms with Crippen molar-refractivity contribution >= 4 is 23.7 Å².